The normalized spacial score (nSPS) is 12.5. The van der Waals surface area contributed by atoms with Gasteiger partial charge in [-0.05, 0) is 40.7 Å². The number of carbonyl (C=O) groups excluding carboxylic acids is 1. The molecule has 0 aliphatic heterocycles. The summed E-state index contributed by atoms with van der Waals surface area (Å²) in [6, 6.07) is 2.18. The van der Waals surface area contributed by atoms with E-state index >= 15 is 0 Å². The maximum atomic E-state index is 12.6. The van der Waals surface area contributed by atoms with E-state index in [0.29, 0.717) is 11.7 Å². The van der Waals surface area contributed by atoms with Gasteiger partial charge >= 0.3 is 0 Å². The lowest BCUT2D eigenvalue weighted by molar-refractivity contribution is -0.129. The molecule has 0 aliphatic carbocycles. The van der Waals surface area contributed by atoms with E-state index < -0.39 is 0 Å². The zero-order valence-corrected chi connectivity index (χ0v) is 15.8. The molecule has 0 radical (unpaired) electrons. The van der Waals surface area contributed by atoms with Crippen LogP contribution in [0.15, 0.2) is 17.6 Å². The maximum absolute atomic E-state index is 12.6. The molecular formula is C16H24N6OS. The van der Waals surface area contributed by atoms with E-state index in [0.717, 1.165) is 17.2 Å². The van der Waals surface area contributed by atoms with Crippen molar-refractivity contribution in [3.05, 3.63) is 29.6 Å². The van der Waals surface area contributed by atoms with Crippen LogP contribution in [0.2, 0.25) is 0 Å². The second-order valence-corrected chi connectivity index (χ2v) is 7.44. The summed E-state index contributed by atoms with van der Waals surface area (Å²) in [5.74, 6) is 0.793. The van der Waals surface area contributed by atoms with Crippen LogP contribution in [0.25, 0.3) is 0 Å². The van der Waals surface area contributed by atoms with Crippen LogP contribution in [0.5, 0.6) is 0 Å². The van der Waals surface area contributed by atoms with Gasteiger partial charge in [-0.15, -0.1) is 10.2 Å². The number of hydrogen-bond donors (Lipinski definition) is 0. The molecule has 1 amide bonds. The van der Waals surface area contributed by atoms with E-state index in [2.05, 4.69) is 34.0 Å². The van der Waals surface area contributed by atoms with Crippen molar-refractivity contribution in [2.75, 3.05) is 7.05 Å². The molecule has 0 unspecified atom stereocenters. The quantitative estimate of drug-likeness (QED) is 0.589. The monoisotopic (exact) mass is 348 g/mol. The van der Waals surface area contributed by atoms with Crippen LogP contribution in [0.3, 0.4) is 0 Å². The first-order valence-corrected chi connectivity index (χ1v) is 8.78. The third-order valence-electron chi connectivity index (χ3n) is 3.55. The Morgan fingerprint density at radius 1 is 1.25 bits per heavy atom. The molecule has 2 aromatic rings. The highest BCUT2D eigenvalue weighted by molar-refractivity contribution is 8.00. The van der Waals surface area contributed by atoms with Crippen molar-refractivity contribution in [2.24, 2.45) is 0 Å². The summed E-state index contributed by atoms with van der Waals surface area (Å²) in [4.78, 5) is 23.1. The van der Waals surface area contributed by atoms with E-state index in [1.54, 1.807) is 18.3 Å². The second-order valence-electron chi connectivity index (χ2n) is 6.14. The molecule has 24 heavy (non-hydrogen) atoms. The Morgan fingerprint density at radius 3 is 2.46 bits per heavy atom. The molecule has 0 saturated carbocycles. The van der Waals surface area contributed by atoms with Gasteiger partial charge in [0, 0.05) is 24.5 Å². The van der Waals surface area contributed by atoms with Gasteiger partial charge in [-0.1, -0.05) is 11.8 Å². The highest BCUT2D eigenvalue weighted by atomic mass is 32.2. The fraction of sp³-hybridized carbons (Fsp3) is 0.562. The van der Waals surface area contributed by atoms with Gasteiger partial charge in [0.25, 0.3) is 0 Å². The summed E-state index contributed by atoms with van der Waals surface area (Å²) in [5.41, 5.74) is 1.81. The zero-order chi connectivity index (χ0) is 17.9. The highest BCUT2D eigenvalue weighted by Crippen LogP contribution is 2.22. The first kappa shape index (κ1) is 18.4. The predicted molar refractivity (Wildman–Crippen MR) is 93.7 cm³/mol. The minimum atomic E-state index is -0.272. The Kier molecular flexibility index (Phi) is 5.93. The molecule has 0 aromatic carbocycles. The third-order valence-corrected chi connectivity index (χ3v) is 4.50. The number of amides is 1. The van der Waals surface area contributed by atoms with Gasteiger partial charge in [0.1, 0.15) is 6.33 Å². The number of aromatic nitrogens is 5. The lowest BCUT2D eigenvalue weighted by Gasteiger charge is -2.21. The van der Waals surface area contributed by atoms with Gasteiger partial charge in [-0.3, -0.25) is 4.79 Å². The molecular weight excluding hydrogens is 324 g/mol. The molecule has 2 aromatic heterocycles. The largest absolute Gasteiger partial charge is 0.337 e. The molecule has 2 rings (SSSR count). The Balaban J connectivity index is 2.02. The molecule has 0 spiro atoms. The van der Waals surface area contributed by atoms with Gasteiger partial charge in [-0.25, -0.2) is 9.97 Å². The van der Waals surface area contributed by atoms with Gasteiger partial charge in [0.15, 0.2) is 11.0 Å². The molecule has 0 saturated heterocycles. The Hall–Kier alpha value is -1.96. The van der Waals surface area contributed by atoms with Gasteiger partial charge < -0.3 is 9.47 Å². The zero-order valence-electron chi connectivity index (χ0n) is 15.0. The van der Waals surface area contributed by atoms with E-state index in [1.165, 1.54) is 11.8 Å². The number of carbonyl (C=O) groups is 1. The molecule has 7 nitrogen and oxygen atoms in total. The van der Waals surface area contributed by atoms with Crippen molar-refractivity contribution in [2.45, 2.75) is 57.6 Å². The third kappa shape index (κ3) is 4.53. The minimum absolute atomic E-state index is 0.0149. The first-order valence-electron chi connectivity index (χ1n) is 7.90. The van der Waals surface area contributed by atoms with Crippen molar-refractivity contribution in [1.82, 2.24) is 29.6 Å². The summed E-state index contributed by atoms with van der Waals surface area (Å²) >= 11 is 1.38. The Bertz CT molecular complexity index is 694. The summed E-state index contributed by atoms with van der Waals surface area (Å²) in [5, 5.41) is 8.41. The van der Waals surface area contributed by atoms with E-state index in [1.807, 2.05) is 31.4 Å². The number of hydrogen-bond acceptors (Lipinski definition) is 6. The van der Waals surface area contributed by atoms with Crippen molar-refractivity contribution >= 4 is 17.7 Å². The molecule has 0 bridgehead atoms. The molecule has 0 fully saturated rings. The summed E-state index contributed by atoms with van der Waals surface area (Å²) in [6.07, 6.45) is 1.69. The number of aryl methyl sites for hydroxylation is 2. The van der Waals surface area contributed by atoms with Crippen LogP contribution in [-0.4, -0.2) is 47.8 Å². The van der Waals surface area contributed by atoms with Crippen molar-refractivity contribution in [1.29, 1.82) is 0 Å². The van der Waals surface area contributed by atoms with Gasteiger partial charge in [0.2, 0.25) is 5.91 Å². The Morgan fingerprint density at radius 2 is 1.88 bits per heavy atom. The summed E-state index contributed by atoms with van der Waals surface area (Å²) < 4.78 is 1.97. The molecule has 0 N–H and O–H groups in total. The van der Waals surface area contributed by atoms with E-state index in [4.69, 9.17) is 0 Å². The fourth-order valence-corrected chi connectivity index (χ4v) is 3.36. The minimum Gasteiger partial charge on any atom is -0.337 e. The fourth-order valence-electron chi connectivity index (χ4n) is 2.37. The van der Waals surface area contributed by atoms with Crippen LogP contribution < -0.4 is 0 Å². The Labute approximate surface area is 146 Å². The van der Waals surface area contributed by atoms with Crippen molar-refractivity contribution in [3.63, 3.8) is 0 Å². The lowest BCUT2D eigenvalue weighted by atomic mass is 10.3. The summed E-state index contributed by atoms with van der Waals surface area (Å²) in [7, 11) is 1.78. The van der Waals surface area contributed by atoms with Crippen LogP contribution >= 0.6 is 11.8 Å². The number of rotatable bonds is 6. The predicted octanol–water partition coefficient (Wildman–Crippen LogP) is 2.41. The highest BCUT2D eigenvalue weighted by Gasteiger charge is 2.22. The first-order chi connectivity index (χ1) is 11.3. The molecule has 1 atom stereocenters. The van der Waals surface area contributed by atoms with Crippen LogP contribution in [0.4, 0.5) is 0 Å². The topological polar surface area (TPSA) is 76.8 Å². The molecule has 0 aliphatic rings. The van der Waals surface area contributed by atoms with Crippen LogP contribution in [0.1, 0.15) is 44.0 Å². The lowest BCUT2D eigenvalue weighted by Crippen LogP contribution is -2.34. The smallest absolute Gasteiger partial charge is 0.236 e. The molecule has 8 heteroatoms. The van der Waals surface area contributed by atoms with Crippen LogP contribution in [0, 0.1) is 13.8 Å². The molecule has 2 heterocycles. The van der Waals surface area contributed by atoms with Crippen LogP contribution in [-0.2, 0) is 11.3 Å². The SMILES string of the molecule is Cc1cc(C)nc(S[C@H](C)C(=O)N(C)Cc2nncn2C(C)C)n1. The average Bonchev–Trinajstić information content (AvgIpc) is 2.93. The standard InChI is InChI=1S/C16H24N6OS/c1-10(2)22-9-17-20-14(22)8-21(6)15(23)13(5)24-16-18-11(3)7-12(4)19-16/h7,9-10,13H,8H2,1-6H3/t13-/m1/s1. The number of thioether (sulfide) groups is 1. The maximum Gasteiger partial charge on any atom is 0.236 e. The van der Waals surface area contributed by atoms with Gasteiger partial charge in [-0.2, -0.15) is 0 Å². The number of nitrogens with zero attached hydrogens (tertiary/aromatic N) is 6. The van der Waals surface area contributed by atoms with E-state index in [9.17, 15) is 4.79 Å². The molecule has 130 valence electrons. The summed E-state index contributed by atoms with van der Waals surface area (Å²) in [6.45, 7) is 10.3. The average molecular weight is 348 g/mol. The van der Waals surface area contributed by atoms with Crippen molar-refractivity contribution in [3.8, 4) is 0 Å². The second kappa shape index (κ2) is 7.74. The van der Waals surface area contributed by atoms with E-state index in [-0.39, 0.29) is 17.2 Å². The van der Waals surface area contributed by atoms with Gasteiger partial charge in [0.05, 0.1) is 11.8 Å². The van der Waals surface area contributed by atoms with Crippen molar-refractivity contribution < 1.29 is 4.79 Å².